The van der Waals surface area contributed by atoms with Crippen molar-refractivity contribution in [2.75, 3.05) is 19.3 Å². The zero-order chi connectivity index (χ0) is 17.3. The van der Waals surface area contributed by atoms with Crippen molar-refractivity contribution in [3.05, 3.63) is 60.7 Å². The standard InChI is InChI=1S/C19H27NS.C2H6/c1-4-6-9-16-21-19-14-8-7-13-18(19)17(11-5-2)12-10-15-20-3;1-2/h4-8,12-14,20H,2,9-11,15-16H2,1,3H3;1-2H3/b6-4-,17-12-;. The van der Waals surface area contributed by atoms with Crippen molar-refractivity contribution < 1.29 is 0 Å². The molecule has 0 atom stereocenters. The second-order valence-corrected chi connectivity index (χ2v) is 5.95. The second-order valence-electron chi connectivity index (χ2n) is 4.82. The molecule has 0 heterocycles. The smallest absolute Gasteiger partial charge is 0.0147 e. The normalized spacial score (nSPS) is 11.2. The van der Waals surface area contributed by atoms with Gasteiger partial charge in [-0.05, 0) is 57.0 Å². The molecule has 1 nitrogen and oxygen atoms in total. The molecule has 0 spiro atoms. The Morgan fingerprint density at radius 3 is 2.61 bits per heavy atom. The predicted octanol–water partition coefficient (Wildman–Crippen LogP) is 6.34. The minimum atomic E-state index is 0.927. The zero-order valence-corrected chi connectivity index (χ0v) is 16.1. The summed E-state index contributed by atoms with van der Waals surface area (Å²) in [6.45, 7) is 11.0. The second kappa shape index (κ2) is 15.6. The van der Waals surface area contributed by atoms with Crippen LogP contribution in [0.25, 0.3) is 5.57 Å². The van der Waals surface area contributed by atoms with Gasteiger partial charge in [-0.2, -0.15) is 0 Å². The van der Waals surface area contributed by atoms with E-state index in [1.807, 2.05) is 38.7 Å². The minimum Gasteiger partial charge on any atom is -0.319 e. The van der Waals surface area contributed by atoms with Crippen molar-refractivity contribution in [2.45, 2.75) is 44.9 Å². The highest BCUT2D eigenvalue weighted by Gasteiger charge is 2.06. The Bertz CT molecular complexity index is 474. The lowest BCUT2D eigenvalue weighted by Gasteiger charge is -2.12. The number of rotatable bonds is 10. The lowest BCUT2D eigenvalue weighted by molar-refractivity contribution is 0.807. The summed E-state index contributed by atoms with van der Waals surface area (Å²) in [5.41, 5.74) is 2.74. The molecule has 0 radical (unpaired) electrons. The highest BCUT2D eigenvalue weighted by molar-refractivity contribution is 7.99. The van der Waals surface area contributed by atoms with Crippen LogP contribution in [-0.4, -0.2) is 19.3 Å². The van der Waals surface area contributed by atoms with Gasteiger partial charge in [0.15, 0.2) is 0 Å². The Balaban J connectivity index is 0.00000232. The van der Waals surface area contributed by atoms with E-state index in [0.29, 0.717) is 0 Å². The molecule has 1 aromatic rings. The molecule has 1 N–H and O–H groups in total. The number of hydrogen-bond donors (Lipinski definition) is 1. The molecule has 0 aliphatic carbocycles. The number of benzene rings is 1. The van der Waals surface area contributed by atoms with Crippen LogP contribution >= 0.6 is 11.8 Å². The number of hydrogen-bond acceptors (Lipinski definition) is 2. The summed E-state index contributed by atoms with van der Waals surface area (Å²) >= 11 is 1.94. The number of thioether (sulfide) groups is 1. The van der Waals surface area contributed by atoms with E-state index in [1.54, 1.807) is 0 Å². The van der Waals surface area contributed by atoms with E-state index in [4.69, 9.17) is 0 Å². The third-order valence-corrected chi connectivity index (χ3v) is 4.27. The van der Waals surface area contributed by atoms with Crippen LogP contribution in [-0.2, 0) is 0 Å². The quantitative estimate of drug-likeness (QED) is 0.305. The Kier molecular flexibility index (Phi) is 14.8. The Hall–Kier alpha value is -1.25. The minimum absolute atomic E-state index is 0.927. The van der Waals surface area contributed by atoms with Crippen molar-refractivity contribution >= 4 is 17.3 Å². The molecule has 128 valence electrons. The molecule has 23 heavy (non-hydrogen) atoms. The van der Waals surface area contributed by atoms with Crippen LogP contribution in [0.15, 0.2) is 60.0 Å². The first-order chi connectivity index (χ1) is 11.3. The third-order valence-electron chi connectivity index (χ3n) is 3.16. The first-order valence-electron chi connectivity index (χ1n) is 8.61. The molecule has 0 saturated carbocycles. The molecular formula is C21H33NS. The van der Waals surface area contributed by atoms with Crippen LogP contribution in [0.3, 0.4) is 0 Å². The summed E-state index contributed by atoms with van der Waals surface area (Å²) in [6.07, 6.45) is 11.8. The molecule has 0 bridgehead atoms. The Morgan fingerprint density at radius 2 is 1.96 bits per heavy atom. The topological polar surface area (TPSA) is 12.0 Å². The average molecular weight is 332 g/mol. The highest BCUT2D eigenvalue weighted by Crippen LogP contribution is 2.30. The first-order valence-corrected chi connectivity index (χ1v) is 9.60. The summed E-state index contributed by atoms with van der Waals surface area (Å²) in [5, 5.41) is 3.20. The van der Waals surface area contributed by atoms with Crippen molar-refractivity contribution in [3.8, 4) is 0 Å². The van der Waals surface area contributed by atoms with Gasteiger partial charge < -0.3 is 5.32 Å². The van der Waals surface area contributed by atoms with Crippen molar-refractivity contribution in [2.24, 2.45) is 0 Å². The summed E-state index contributed by atoms with van der Waals surface area (Å²) < 4.78 is 0. The Labute approximate surface area is 148 Å². The van der Waals surface area contributed by atoms with E-state index in [0.717, 1.165) is 31.6 Å². The maximum atomic E-state index is 3.90. The highest BCUT2D eigenvalue weighted by atomic mass is 32.2. The van der Waals surface area contributed by atoms with E-state index in [2.05, 4.69) is 61.3 Å². The van der Waals surface area contributed by atoms with Gasteiger partial charge in [-0.25, -0.2) is 0 Å². The molecule has 0 aliphatic heterocycles. The maximum absolute atomic E-state index is 3.90. The van der Waals surface area contributed by atoms with Crippen molar-refractivity contribution in [1.82, 2.24) is 5.32 Å². The van der Waals surface area contributed by atoms with Crippen LogP contribution in [0, 0.1) is 0 Å². The maximum Gasteiger partial charge on any atom is 0.0147 e. The van der Waals surface area contributed by atoms with Gasteiger partial charge in [0.05, 0.1) is 0 Å². The average Bonchev–Trinajstić information content (AvgIpc) is 2.60. The molecule has 0 amide bonds. The molecule has 0 unspecified atom stereocenters. The van der Waals surface area contributed by atoms with Gasteiger partial charge in [-0.3, -0.25) is 0 Å². The van der Waals surface area contributed by atoms with Crippen LogP contribution in [0.5, 0.6) is 0 Å². The predicted molar refractivity (Wildman–Crippen MR) is 109 cm³/mol. The fourth-order valence-corrected chi connectivity index (χ4v) is 3.11. The molecule has 0 saturated heterocycles. The number of nitrogens with one attached hydrogen (secondary N) is 1. The molecule has 0 aliphatic rings. The van der Waals surface area contributed by atoms with Crippen molar-refractivity contribution in [1.29, 1.82) is 0 Å². The SMILES string of the molecule is C=CC/C(=C/CCNC)c1ccccc1SCC/C=C\C.CC. The van der Waals surface area contributed by atoms with E-state index >= 15 is 0 Å². The van der Waals surface area contributed by atoms with E-state index in [1.165, 1.54) is 16.0 Å². The van der Waals surface area contributed by atoms with Gasteiger partial charge in [0.25, 0.3) is 0 Å². The van der Waals surface area contributed by atoms with E-state index < -0.39 is 0 Å². The summed E-state index contributed by atoms with van der Waals surface area (Å²) in [6, 6.07) is 8.71. The fourth-order valence-electron chi connectivity index (χ4n) is 2.11. The van der Waals surface area contributed by atoms with Gasteiger partial charge in [-0.15, -0.1) is 18.3 Å². The molecule has 2 heteroatoms. The van der Waals surface area contributed by atoms with E-state index in [9.17, 15) is 0 Å². The summed E-state index contributed by atoms with van der Waals surface area (Å²) in [4.78, 5) is 1.37. The van der Waals surface area contributed by atoms with E-state index in [-0.39, 0.29) is 0 Å². The van der Waals surface area contributed by atoms with Crippen molar-refractivity contribution in [3.63, 3.8) is 0 Å². The van der Waals surface area contributed by atoms with Crippen LogP contribution in [0.2, 0.25) is 0 Å². The first kappa shape index (κ1) is 21.8. The lowest BCUT2D eigenvalue weighted by Crippen LogP contribution is -2.06. The third kappa shape index (κ3) is 9.47. The van der Waals surface area contributed by atoms with Gasteiger partial charge >= 0.3 is 0 Å². The molecule has 1 aromatic carbocycles. The summed E-state index contributed by atoms with van der Waals surface area (Å²) in [7, 11) is 1.99. The molecule has 1 rings (SSSR count). The van der Waals surface area contributed by atoms with Gasteiger partial charge in [-0.1, -0.05) is 56.4 Å². The lowest BCUT2D eigenvalue weighted by atomic mass is 10.0. The van der Waals surface area contributed by atoms with Crippen LogP contribution in [0.1, 0.15) is 45.6 Å². The Morgan fingerprint density at radius 1 is 1.22 bits per heavy atom. The fraction of sp³-hybridized carbons (Fsp3) is 0.429. The summed E-state index contributed by atoms with van der Waals surface area (Å²) in [5.74, 6) is 1.12. The number of allylic oxidation sites excluding steroid dienone is 4. The molecule has 0 fully saturated rings. The van der Waals surface area contributed by atoms with Crippen LogP contribution < -0.4 is 5.32 Å². The zero-order valence-electron chi connectivity index (χ0n) is 15.3. The molecular weight excluding hydrogens is 298 g/mol. The largest absolute Gasteiger partial charge is 0.319 e. The van der Waals surface area contributed by atoms with Gasteiger partial charge in [0, 0.05) is 10.6 Å². The van der Waals surface area contributed by atoms with Gasteiger partial charge in [0.1, 0.15) is 0 Å². The molecule has 0 aromatic heterocycles. The van der Waals surface area contributed by atoms with Gasteiger partial charge in [0.2, 0.25) is 0 Å². The van der Waals surface area contributed by atoms with Crippen LogP contribution in [0.4, 0.5) is 0 Å². The monoisotopic (exact) mass is 331 g/mol.